The first-order chi connectivity index (χ1) is 19.4. The van der Waals surface area contributed by atoms with Crippen molar-refractivity contribution < 1.29 is 14.6 Å². The van der Waals surface area contributed by atoms with E-state index in [-0.39, 0.29) is 18.6 Å². The van der Waals surface area contributed by atoms with Crippen molar-refractivity contribution in [3.63, 3.8) is 0 Å². The third kappa shape index (κ3) is 5.15. The Bertz CT molecular complexity index is 1540. The Morgan fingerprint density at radius 2 is 1.75 bits per heavy atom. The lowest BCUT2D eigenvalue weighted by molar-refractivity contribution is -0.136. The van der Waals surface area contributed by atoms with Gasteiger partial charge in [0.15, 0.2) is 0 Å². The van der Waals surface area contributed by atoms with Crippen LogP contribution in [0.5, 0.6) is 5.75 Å². The average Bonchev–Trinajstić information content (AvgIpc) is 3.31. The third-order valence-corrected chi connectivity index (χ3v) is 8.46. The minimum Gasteiger partial charge on any atom is -0.485 e. The van der Waals surface area contributed by atoms with Gasteiger partial charge in [0.05, 0.1) is 6.42 Å². The normalized spacial score (nSPS) is 19.7. The number of nitrogens with two attached hydrogens (primary N) is 1. The first-order valence-corrected chi connectivity index (χ1v) is 14.1. The Labute approximate surface area is 235 Å². The Morgan fingerprint density at radius 3 is 2.52 bits per heavy atom. The molecule has 7 nitrogen and oxygen atoms in total. The molecule has 40 heavy (non-hydrogen) atoms. The molecule has 0 bridgehead atoms. The molecule has 0 radical (unpaired) electrons. The van der Waals surface area contributed by atoms with Crippen LogP contribution in [0.25, 0.3) is 21.9 Å². The largest absolute Gasteiger partial charge is 0.485 e. The van der Waals surface area contributed by atoms with Crippen molar-refractivity contribution >= 4 is 22.6 Å². The number of benzene rings is 3. The highest BCUT2D eigenvalue weighted by molar-refractivity contribution is 5.94. The molecule has 3 N–H and O–H groups in total. The summed E-state index contributed by atoms with van der Waals surface area (Å²) in [4.78, 5) is 20.9. The maximum absolute atomic E-state index is 11.5. The molecule has 206 valence electrons. The third-order valence-electron chi connectivity index (χ3n) is 8.46. The molecule has 1 aromatic heterocycles. The molecule has 1 fully saturated rings. The molecule has 4 aromatic rings. The summed E-state index contributed by atoms with van der Waals surface area (Å²) in [5.41, 5.74) is 11.5. The Kier molecular flexibility index (Phi) is 7.17. The van der Waals surface area contributed by atoms with Gasteiger partial charge in [-0.05, 0) is 65.8 Å². The summed E-state index contributed by atoms with van der Waals surface area (Å²) in [6, 6.07) is 23.3. The zero-order chi connectivity index (χ0) is 27.8. The molecule has 1 aliphatic heterocycles. The molecule has 2 atom stereocenters. The Balaban J connectivity index is 1.36. The van der Waals surface area contributed by atoms with E-state index in [1.54, 1.807) is 6.20 Å². The minimum absolute atomic E-state index is 0.0665. The van der Waals surface area contributed by atoms with E-state index in [0.29, 0.717) is 23.2 Å². The fourth-order valence-corrected chi connectivity index (χ4v) is 6.27. The number of carboxylic acids is 1. The summed E-state index contributed by atoms with van der Waals surface area (Å²) in [6.07, 6.45) is 2.32. The predicted molar refractivity (Wildman–Crippen MR) is 158 cm³/mol. The topological polar surface area (TPSA) is 91.9 Å². The number of piperazine rings is 1. The van der Waals surface area contributed by atoms with Gasteiger partial charge >= 0.3 is 5.97 Å². The summed E-state index contributed by atoms with van der Waals surface area (Å²) < 4.78 is 6.66. The van der Waals surface area contributed by atoms with Gasteiger partial charge in [-0.1, -0.05) is 42.5 Å². The van der Waals surface area contributed by atoms with Gasteiger partial charge in [0.1, 0.15) is 17.7 Å². The number of carbonyl (C=O) groups is 1. The molecule has 1 saturated heterocycles. The number of pyridine rings is 1. The number of fused-ring (bicyclic) bond motifs is 2. The number of aliphatic carboxylic acids is 1. The fourth-order valence-electron chi connectivity index (χ4n) is 6.27. The highest BCUT2D eigenvalue weighted by Crippen LogP contribution is 2.46. The van der Waals surface area contributed by atoms with Crippen LogP contribution in [0.3, 0.4) is 0 Å². The van der Waals surface area contributed by atoms with E-state index in [4.69, 9.17) is 10.5 Å². The SMILES string of the molecule is CC(C)N1CCN(C2CC(Oc3ccccc3CC(=O)O)c3cc(-c4ccc5ccnc(N)c5c4)ccc32)CC1. The number of para-hydroxylation sites is 1. The molecule has 2 unspecified atom stereocenters. The van der Waals surface area contributed by atoms with Gasteiger partial charge in [0.25, 0.3) is 0 Å². The van der Waals surface area contributed by atoms with Gasteiger partial charge in [-0.25, -0.2) is 4.98 Å². The number of ether oxygens (including phenoxy) is 1. The van der Waals surface area contributed by atoms with E-state index >= 15 is 0 Å². The van der Waals surface area contributed by atoms with Crippen molar-refractivity contribution in [1.29, 1.82) is 0 Å². The summed E-state index contributed by atoms with van der Waals surface area (Å²) in [5, 5.41) is 11.5. The summed E-state index contributed by atoms with van der Waals surface area (Å²) in [5.74, 6) is 0.301. The molecule has 0 amide bonds. The summed E-state index contributed by atoms with van der Waals surface area (Å²) in [7, 11) is 0. The lowest BCUT2D eigenvalue weighted by Crippen LogP contribution is -2.49. The molecule has 3 aromatic carbocycles. The van der Waals surface area contributed by atoms with E-state index in [9.17, 15) is 9.90 Å². The molecule has 2 heterocycles. The van der Waals surface area contributed by atoms with Crippen molar-refractivity contribution in [3.8, 4) is 16.9 Å². The number of hydrogen-bond donors (Lipinski definition) is 2. The van der Waals surface area contributed by atoms with Crippen LogP contribution in [0, 0.1) is 0 Å². The van der Waals surface area contributed by atoms with E-state index < -0.39 is 5.97 Å². The summed E-state index contributed by atoms with van der Waals surface area (Å²) in [6.45, 7) is 8.67. The van der Waals surface area contributed by atoms with E-state index in [0.717, 1.165) is 60.1 Å². The van der Waals surface area contributed by atoms with Gasteiger partial charge in [-0.15, -0.1) is 0 Å². The van der Waals surface area contributed by atoms with Gasteiger partial charge in [-0.3, -0.25) is 14.6 Å². The number of nitrogen functional groups attached to an aromatic ring is 1. The zero-order valence-corrected chi connectivity index (χ0v) is 23.1. The van der Waals surface area contributed by atoms with Crippen molar-refractivity contribution in [3.05, 3.63) is 89.6 Å². The smallest absolute Gasteiger partial charge is 0.307 e. The molecular formula is C33H36N4O3. The second-order valence-corrected chi connectivity index (χ2v) is 11.2. The van der Waals surface area contributed by atoms with Crippen molar-refractivity contribution in [2.75, 3.05) is 31.9 Å². The minimum atomic E-state index is -0.865. The lowest BCUT2D eigenvalue weighted by atomic mass is 9.97. The van der Waals surface area contributed by atoms with Crippen LogP contribution in [0.4, 0.5) is 5.82 Å². The van der Waals surface area contributed by atoms with Crippen LogP contribution in [0.15, 0.2) is 72.9 Å². The van der Waals surface area contributed by atoms with Crippen LogP contribution in [0.2, 0.25) is 0 Å². The first kappa shape index (κ1) is 26.3. The van der Waals surface area contributed by atoms with Gasteiger partial charge in [0, 0.05) is 61.8 Å². The van der Waals surface area contributed by atoms with E-state index in [2.05, 4.69) is 65.0 Å². The molecule has 7 heteroatoms. The van der Waals surface area contributed by atoms with Gasteiger partial charge < -0.3 is 15.6 Å². The molecule has 6 rings (SSSR count). The van der Waals surface area contributed by atoms with Crippen molar-refractivity contribution in [2.24, 2.45) is 0 Å². The lowest BCUT2D eigenvalue weighted by Gasteiger charge is -2.40. The first-order valence-electron chi connectivity index (χ1n) is 14.1. The Morgan fingerprint density at radius 1 is 1.00 bits per heavy atom. The molecule has 0 saturated carbocycles. The molecule has 2 aliphatic rings. The van der Waals surface area contributed by atoms with E-state index in [1.165, 1.54) is 5.56 Å². The zero-order valence-electron chi connectivity index (χ0n) is 23.1. The maximum atomic E-state index is 11.5. The fraction of sp³-hybridized carbons (Fsp3) is 0.333. The maximum Gasteiger partial charge on any atom is 0.307 e. The molecular weight excluding hydrogens is 500 g/mol. The highest BCUT2D eigenvalue weighted by atomic mass is 16.5. The van der Waals surface area contributed by atoms with Crippen LogP contribution in [0.1, 0.15) is 49.1 Å². The van der Waals surface area contributed by atoms with Crippen molar-refractivity contribution in [1.82, 2.24) is 14.8 Å². The second kappa shape index (κ2) is 10.9. The van der Waals surface area contributed by atoms with Crippen LogP contribution in [-0.2, 0) is 11.2 Å². The predicted octanol–water partition coefficient (Wildman–Crippen LogP) is 5.70. The van der Waals surface area contributed by atoms with Crippen LogP contribution in [-0.4, -0.2) is 58.1 Å². The van der Waals surface area contributed by atoms with Crippen molar-refractivity contribution in [2.45, 2.75) is 44.9 Å². The van der Waals surface area contributed by atoms with Gasteiger partial charge in [0.2, 0.25) is 0 Å². The summed E-state index contributed by atoms with van der Waals surface area (Å²) >= 11 is 0. The van der Waals surface area contributed by atoms with Crippen LogP contribution < -0.4 is 10.5 Å². The number of rotatable bonds is 7. The average molecular weight is 537 g/mol. The number of nitrogens with zero attached hydrogens (tertiary/aromatic N) is 3. The second-order valence-electron chi connectivity index (χ2n) is 11.2. The number of anilines is 1. The standard InChI is InChI=1S/C33H36N4O3/c1-21(2)36-13-15-37(16-14-36)29-20-31(40-30-6-4-3-5-25(30)19-32(38)39)28-18-24(9-10-26(28)29)23-8-7-22-11-12-35-33(34)27(22)17-23/h3-12,17-18,21,29,31H,13-16,19-20H2,1-2H3,(H2,34,35)(H,38,39). The number of aromatic nitrogens is 1. The number of hydrogen-bond acceptors (Lipinski definition) is 6. The number of carboxylic acid groups (broad SMARTS) is 1. The quantitative estimate of drug-likeness (QED) is 0.313. The molecule has 1 aliphatic carbocycles. The Hall–Kier alpha value is -3.94. The van der Waals surface area contributed by atoms with E-state index in [1.807, 2.05) is 30.3 Å². The van der Waals surface area contributed by atoms with Crippen LogP contribution >= 0.6 is 0 Å². The molecule has 0 spiro atoms. The van der Waals surface area contributed by atoms with Gasteiger partial charge in [-0.2, -0.15) is 0 Å². The monoisotopic (exact) mass is 536 g/mol. The highest BCUT2D eigenvalue weighted by Gasteiger charge is 2.37.